The van der Waals surface area contributed by atoms with Gasteiger partial charge >= 0.3 is 0 Å². The fourth-order valence-electron chi connectivity index (χ4n) is 2.51. The molecule has 0 aliphatic heterocycles. The third kappa shape index (κ3) is 2.43. The summed E-state index contributed by atoms with van der Waals surface area (Å²) in [6, 6.07) is 7.77. The number of para-hydroxylation sites is 1. The summed E-state index contributed by atoms with van der Waals surface area (Å²) in [5.41, 5.74) is 1.10. The van der Waals surface area contributed by atoms with Crippen LogP contribution >= 0.6 is 0 Å². The van der Waals surface area contributed by atoms with Crippen molar-refractivity contribution in [3.8, 4) is 0 Å². The van der Waals surface area contributed by atoms with Gasteiger partial charge in [0.15, 0.2) is 0 Å². The van der Waals surface area contributed by atoms with Crippen molar-refractivity contribution in [1.82, 2.24) is 0 Å². The van der Waals surface area contributed by atoms with Gasteiger partial charge in [-0.05, 0) is 31.4 Å². The van der Waals surface area contributed by atoms with E-state index in [0.717, 1.165) is 30.5 Å². The van der Waals surface area contributed by atoms with Crippen LogP contribution in [0.5, 0.6) is 0 Å². The molecule has 0 spiro atoms. The molecule has 0 amide bonds. The van der Waals surface area contributed by atoms with Crippen LogP contribution in [0, 0.1) is 6.92 Å². The summed E-state index contributed by atoms with van der Waals surface area (Å²) >= 11 is 0. The van der Waals surface area contributed by atoms with Gasteiger partial charge in [-0.1, -0.05) is 37.5 Å². The van der Waals surface area contributed by atoms with Crippen molar-refractivity contribution in [2.45, 2.75) is 44.6 Å². The third-order valence-corrected chi connectivity index (χ3v) is 3.62. The highest BCUT2D eigenvalue weighted by Gasteiger charge is 2.33. The van der Waals surface area contributed by atoms with E-state index in [1.54, 1.807) is 0 Å². The van der Waals surface area contributed by atoms with Crippen LogP contribution in [0.1, 0.15) is 37.7 Å². The monoisotopic (exact) mass is 232 g/mol. The van der Waals surface area contributed by atoms with Crippen molar-refractivity contribution < 1.29 is 9.90 Å². The second kappa shape index (κ2) is 4.78. The number of rotatable bonds is 3. The van der Waals surface area contributed by atoms with Gasteiger partial charge in [-0.2, -0.15) is 0 Å². The van der Waals surface area contributed by atoms with Crippen LogP contribution in [-0.4, -0.2) is 11.5 Å². The molecule has 3 heteroatoms. The number of benzene rings is 1. The molecule has 0 saturated heterocycles. The Hall–Kier alpha value is -1.51. The van der Waals surface area contributed by atoms with E-state index in [-0.39, 0.29) is 0 Å². The molecule has 17 heavy (non-hydrogen) atoms. The van der Waals surface area contributed by atoms with E-state index >= 15 is 0 Å². The summed E-state index contributed by atoms with van der Waals surface area (Å²) in [6.07, 6.45) is 4.33. The number of hydrogen-bond acceptors (Lipinski definition) is 3. The van der Waals surface area contributed by atoms with Crippen molar-refractivity contribution in [2.75, 3.05) is 5.32 Å². The fraction of sp³-hybridized carbons (Fsp3) is 0.500. The summed E-state index contributed by atoms with van der Waals surface area (Å²) in [7, 11) is 0. The van der Waals surface area contributed by atoms with Crippen molar-refractivity contribution in [2.24, 2.45) is 0 Å². The molecule has 2 rings (SSSR count). The molecule has 0 atom stereocenters. The number of carbonyl (C=O) groups excluding carboxylic acids is 1. The van der Waals surface area contributed by atoms with Gasteiger partial charge in [-0.3, -0.25) is 0 Å². The van der Waals surface area contributed by atoms with Crippen molar-refractivity contribution in [3.05, 3.63) is 29.8 Å². The summed E-state index contributed by atoms with van der Waals surface area (Å²) < 4.78 is 0. The quantitative estimate of drug-likeness (QED) is 0.865. The van der Waals surface area contributed by atoms with Gasteiger partial charge in [-0.15, -0.1) is 0 Å². The smallest absolute Gasteiger partial charge is 0.0769 e. The molecule has 1 aromatic rings. The molecular weight excluding hydrogens is 214 g/mol. The number of carboxylic acids is 1. The minimum absolute atomic E-state index is 0.656. The number of carbonyl (C=O) groups is 1. The van der Waals surface area contributed by atoms with Crippen molar-refractivity contribution in [3.63, 3.8) is 0 Å². The SMILES string of the molecule is Cc1ccccc1NC1(C(=O)[O-])CCCCC1. The molecule has 0 aromatic heterocycles. The number of aryl methyl sites for hydroxylation is 1. The zero-order valence-corrected chi connectivity index (χ0v) is 10.2. The van der Waals surface area contributed by atoms with E-state index in [1.807, 2.05) is 31.2 Å². The largest absolute Gasteiger partial charge is 0.548 e. The minimum Gasteiger partial charge on any atom is -0.548 e. The van der Waals surface area contributed by atoms with Crippen molar-refractivity contribution in [1.29, 1.82) is 0 Å². The zero-order chi connectivity index (χ0) is 12.3. The Balaban J connectivity index is 2.24. The second-order valence-corrected chi connectivity index (χ2v) is 4.87. The normalized spacial score (nSPS) is 18.6. The number of hydrogen-bond donors (Lipinski definition) is 1. The molecule has 0 bridgehead atoms. The van der Waals surface area contributed by atoms with Gasteiger partial charge in [0.1, 0.15) is 0 Å². The lowest BCUT2D eigenvalue weighted by molar-refractivity contribution is -0.313. The first kappa shape index (κ1) is 12.0. The average Bonchev–Trinajstić information content (AvgIpc) is 2.33. The second-order valence-electron chi connectivity index (χ2n) is 4.87. The lowest BCUT2D eigenvalue weighted by atomic mass is 9.81. The van der Waals surface area contributed by atoms with Gasteiger partial charge in [0.25, 0.3) is 0 Å². The molecule has 1 aromatic carbocycles. The first-order valence-corrected chi connectivity index (χ1v) is 6.19. The van der Waals surface area contributed by atoms with Crippen molar-refractivity contribution >= 4 is 11.7 Å². The maximum absolute atomic E-state index is 11.4. The first-order valence-electron chi connectivity index (χ1n) is 6.19. The lowest BCUT2D eigenvalue weighted by Gasteiger charge is -2.40. The van der Waals surface area contributed by atoms with Crippen LogP contribution in [0.25, 0.3) is 0 Å². The number of carboxylic acid groups (broad SMARTS) is 1. The Morgan fingerprint density at radius 2 is 1.88 bits per heavy atom. The number of anilines is 1. The van der Waals surface area contributed by atoms with Gasteiger partial charge in [0.2, 0.25) is 0 Å². The van der Waals surface area contributed by atoms with Gasteiger partial charge in [0, 0.05) is 5.69 Å². The summed E-state index contributed by atoms with van der Waals surface area (Å²) in [5.74, 6) is -0.972. The maximum atomic E-state index is 11.4. The molecule has 0 unspecified atom stereocenters. The summed E-state index contributed by atoms with van der Waals surface area (Å²) in [6.45, 7) is 1.98. The Bertz CT molecular complexity index is 408. The molecule has 1 fully saturated rings. The molecule has 1 aliphatic carbocycles. The van der Waals surface area contributed by atoms with Crippen LogP contribution < -0.4 is 10.4 Å². The molecule has 92 valence electrons. The molecule has 1 aliphatic rings. The predicted molar refractivity (Wildman–Crippen MR) is 65.6 cm³/mol. The van der Waals surface area contributed by atoms with E-state index in [4.69, 9.17) is 0 Å². The molecular formula is C14H18NO2-. The Morgan fingerprint density at radius 1 is 1.24 bits per heavy atom. The highest BCUT2D eigenvalue weighted by atomic mass is 16.4. The summed E-state index contributed by atoms with van der Waals surface area (Å²) in [5, 5.41) is 14.6. The highest BCUT2D eigenvalue weighted by molar-refractivity contribution is 5.81. The first-order chi connectivity index (χ1) is 8.14. The van der Waals surface area contributed by atoms with E-state index in [9.17, 15) is 9.90 Å². The zero-order valence-electron chi connectivity index (χ0n) is 10.2. The number of aliphatic carboxylic acids is 1. The van der Waals surface area contributed by atoms with Gasteiger partial charge in [0.05, 0.1) is 11.5 Å². The molecule has 3 nitrogen and oxygen atoms in total. The van der Waals surface area contributed by atoms with Crippen LogP contribution in [0.3, 0.4) is 0 Å². The minimum atomic E-state index is -0.972. The van der Waals surface area contributed by atoms with Gasteiger partial charge < -0.3 is 15.2 Å². The van der Waals surface area contributed by atoms with Crippen LogP contribution in [0.15, 0.2) is 24.3 Å². The topological polar surface area (TPSA) is 52.2 Å². The average molecular weight is 232 g/mol. The van der Waals surface area contributed by atoms with E-state index in [2.05, 4.69) is 5.32 Å². The fourth-order valence-corrected chi connectivity index (χ4v) is 2.51. The summed E-state index contributed by atoms with van der Waals surface area (Å²) in [4.78, 5) is 11.4. The predicted octanol–water partition coefficient (Wildman–Crippen LogP) is 1.86. The standard InChI is InChI=1S/C14H19NO2/c1-11-7-3-4-8-12(11)15-14(13(16)17)9-5-2-6-10-14/h3-4,7-8,15H,2,5-6,9-10H2,1H3,(H,16,17)/p-1. The Kier molecular flexibility index (Phi) is 3.36. The van der Waals surface area contributed by atoms with E-state index in [1.165, 1.54) is 0 Å². The molecule has 0 heterocycles. The lowest BCUT2D eigenvalue weighted by Crippen LogP contribution is -2.55. The Labute approximate surface area is 102 Å². The van der Waals surface area contributed by atoms with E-state index in [0.29, 0.717) is 12.8 Å². The maximum Gasteiger partial charge on any atom is 0.0769 e. The van der Waals surface area contributed by atoms with Crippen LogP contribution in [0.4, 0.5) is 5.69 Å². The van der Waals surface area contributed by atoms with Crippen LogP contribution in [0.2, 0.25) is 0 Å². The molecule has 1 N–H and O–H groups in total. The van der Waals surface area contributed by atoms with Gasteiger partial charge in [-0.25, -0.2) is 0 Å². The molecule has 0 radical (unpaired) electrons. The number of nitrogens with one attached hydrogen (secondary N) is 1. The highest BCUT2D eigenvalue weighted by Crippen LogP contribution is 2.32. The third-order valence-electron chi connectivity index (χ3n) is 3.62. The molecule has 1 saturated carbocycles. The van der Waals surface area contributed by atoms with Crippen LogP contribution in [-0.2, 0) is 4.79 Å². The van der Waals surface area contributed by atoms with E-state index < -0.39 is 11.5 Å². The Morgan fingerprint density at radius 3 is 2.47 bits per heavy atom.